The topological polar surface area (TPSA) is 37.9 Å². The number of halogens is 2. The van der Waals surface area contributed by atoms with Gasteiger partial charge in [-0.3, -0.25) is 0 Å². The van der Waals surface area contributed by atoms with Crippen molar-refractivity contribution in [3.05, 3.63) is 82.8 Å². The van der Waals surface area contributed by atoms with Crippen LogP contribution in [0.3, 0.4) is 0 Å². The van der Waals surface area contributed by atoms with Gasteiger partial charge in [-0.2, -0.15) is 0 Å². The number of imidazole rings is 1. The zero-order valence-electron chi connectivity index (χ0n) is 14.5. The Morgan fingerprint density at radius 2 is 1.56 bits per heavy atom. The highest BCUT2D eigenvalue weighted by atomic mass is 35.5. The number of nitrogens with zero attached hydrogens (tertiary/aromatic N) is 1. The Bertz CT molecular complexity index is 1070. The molecule has 27 heavy (non-hydrogen) atoms. The highest BCUT2D eigenvalue weighted by molar-refractivity contribution is 6.43. The molecule has 0 spiro atoms. The Morgan fingerprint density at radius 3 is 2.26 bits per heavy atom. The first kappa shape index (κ1) is 17.7. The molecule has 0 saturated heterocycles. The first-order chi connectivity index (χ1) is 13.2. The van der Waals surface area contributed by atoms with Crippen molar-refractivity contribution in [1.82, 2.24) is 9.97 Å². The van der Waals surface area contributed by atoms with E-state index in [4.69, 9.17) is 32.9 Å². The van der Waals surface area contributed by atoms with Crippen LogP contribution in [0.1, 0.15) is 0 Å². The normalized spacial score (nSPS) is 10.8. The molecule has 3 aromatic carbocycles. The van der Waals surface area contributed by atoms with Gasteiger partial charge in [-0.15, -0.1) is 0 Å². The molecule has 0 amide bonds. The summed E-state index contributed by atoms with van der Waals surface area (Å²) in [4.78, 5) is 8.28. The van der Waals surface area contributed by atoms with Crippen LogP contribution < -0.4 is 4.74 Å². The van der Waals surface area contributed by atoms with Gasteiger partial charge in [-0.25, -0.2) is 4.98 Å². The zero-order valence-corrected chi connectivity index (χ0v) is 16.1. The molecule has 0 bridgehead atoms. The molecule has 4 aromatic rings. The summed E-state index contributed by atoms with van der Waals surface area (Å²) in [7, 11) is 1.65. The number of nitrogens with one attached hydrogen (secondary N) is 1. The van der Waals surface area contributed by atoms with Crippen molar-refractivity contribution >= 4 is 23.2 Å². The molecule has 4 rings (SSSR count). The number of hydrogen-bond donors (Lipinski definition) is 1. The average Bonchev–Trinajstić information content (AvgIpc) is 3.16. The summed E-state index contributed by atoms with van der Waals surface area (Å²) in [5.74, 6) is 1.55. The molecular formula is C22H16Cl2N2O. The van der Waals surface area contributed by atoms with E-state index >= 15 is 0 Å². The number of ether oxygens (including phenoxy) is 1. The van der Waals surface area contributed by atoms with E-state index in [0.717, 1.165) is 39.7 Å². The maximum Gasteiger partial charge on any atom is 0.138 e. The Balaban J connectivity index is 1.91. The third-order valence-electron chi connectivity index (χ3n) is 4.34. The number of methoxy groups -OCH3 is 1. The van der Waals surface area contributed by atoms with Crippen molar-refractivity contribution < 1.29 is 4.74 Å². The fourth-order valence-corrected chi connectivity index (χ4v) is 3.35. The van der Waals surface area contributed by atoms with Crippen LogP contribution in [0.15, 0.2) is 72.8 Å². The van der Waals surface area contributed by atoms with Gasteiger partial charge in [0.05, 0.1) is 28.5 Å². The molecule has 134 valence electrons. The summed E-state index contributed by atoms with van der Waals surface area (Å²) < 4.78 is 5.24. The molecule has 0 unspecified atom stereocenters. The molecule has 5 heteroatoms. The van der Waals surface area contributed by atoms with Crippen LogP contribution in [-0.4, -0.2) is 17.1 Å². The second-order valence-corrected chi connectivity index (χ2v) is 6.79. The van der Waals surface area contributed by atoms with Crippen LogP contribution >= 0.6 is 23.2 Å². The van der Waals surface area contributed by atoms with Gasteiger partial charge in [0.2, 0.25) is 0 Å². The fraction of sp³-hybridized carbons (Fsp3) is 0.0455. The summed E-state index contributed by atoms with van der Waals surface area (Å²) >= 11 is 12.7. The molecule has 0 aliphatic heterocycles. The maximum absolute atomic E-state index is 6.49. The number of aromatic amines is 1. The second kappa shape index (κ2) is 7.47. The number of hydrogen-bond acceptors (Lipinski definition) is 2. The number of rotatable bonds is 4. The summed E-state index contributed by atoms with van der Waals surface area (Å²) in [6, 6.07) is 23.3. The second-order valence-electron chi connectivity index (χ2n) is 6.00. The first-order valence-corrected chi connectivity index (χ1v) is 9.17. The van der Waals surface area contributed by atoms with Crippen molar-refractivity contribution in [3.63, 3.8) is 0 Å². The molecule has 0 aliphatic rings. The van der Waals surface area contributed by atoms with Crippen LogP contribution in [0.25, 0.3) is 33.9 Å². The third-order valence-corrected chi connectivity index (χ3v) is 5.15. The molecule has 0 aliphatic carbocycles. The largest absolute Gasteiger partial charge is 0.497 e. The zero-order chi connectivity index (χ0) is 18.8. The SMILES string of the molecule is COc1ccc(-c2nc(-c3ccccc3)c(-c3cccc(Cl)c3Cl)[nH]2)cc1. The van der Waals surface area contributed by atoms with Crippen molar-refractivity contribution in [2.45, 2.75) is 0 Å². The van der Waals surface area contributed by atoms with Crippen molar-refractivity contribution in [1.29, 1.82) is 0 Å². The lowest BCUT2D eigenvalue weighted by molar-refractivity contribution is 0.415. The predicted molar refractivity (Wildman–Crippen MR) is 111 cm³/mol. The minimum Gasteiger partial charge on any atom is -0.497 e. The highest BCUT2D eigenvalue weighted by Gasteiger charge is 2.18. The van der Waals surface area contributed by atoms with E-state index in [2.05, 4.69) is 4.98 Å². The standard InChI is InChI=1S/C22H16Cl2N2O/c1-27-16-12-10-15(11-13-16)22-25-20(14-6-3-2-4-7-14)21(26-22)17-8-5-9-18(23)19(17)24/h2-13H,1H3,(H,25,26). The van der Waals surface area contributed by atoms with Crippen LogP contribution in [0.4, 0.5) is 0 Å². The van der Waals surface area contributed by atoms with Gasteiger partial charge in [0.1, 0.15) is 11.6 Å². The molecule has 1 N–H and O–H groups in total. The minimum atomic E-state index is 0.501. The van der Waals surface area contributed by atoms with Crippen LogP contribution in [-0.2, 0) is 0 Å². The lowest BCUT2D eigenvalue weighted by Gasteiger charge is -2.06. The first-order valence-electron chi connectivity index (χ1n) is 8.41. The van der Waals surface area contributed by atoms with Crippen LogP contribution in [0, 0.1) is 0 Å². The van der Waals surface area contributed by atoms with E-state index in [1.807, 2.05) is 66.7 Å². The van der Waals surface area contributed by atoms with E-state index < -0.39 is 0 Å². The van der Waals surface area contributed by atoms with Crippen molar-refractivity contribution in [3.8, 4) is 39.7 Å². The Kier molecular flexibility index (Phi) is 4.88. The monoisotopic (exact) mass is 394 g/mol. The smallest absolute Gasteiger partial charge is 0.138 e. The molecule has 0 atom stereocenters. The molecule has 0 fully saturated rings. The summed E-state index contributed by atoms with van der Waals surface area (Å²) in [5.41, 5.74) is 4.43. The predicted octanol–water partition coefficient (Wildman–Crippen LogP) is 6.73. The van der Waals surface area contributed by atoms with Crippen molar-refractivity contribution in [2.75, 3.05) is 7.11 Å². The quantitative estimate of drug-likeness (QED) is 0.416. The molecule has 1 heterocycles. The van der Waals surface area contributed by atoms with E-state index in [1.54, 1.807) is 13.2 Å². The lowest BCUT2D eigenvalue weighted by Crippen LogP contribution is -1.85. The summed E-state index contributed by atoms with van der Waals surface area (Å²) in [6.07, 6.45) is 0. The van der Waals surface area contributed by atoms with Gasteiger partial charge in [0, 0.05) is 16.7 Å². The van der Waals surface area contributed by atoms with Gasteiger partial charge in [-0.05, 0) is 30.3 Å². The van der Waals surface area contributed by atoms with Gasteiger partial charge < -0.3 is 9.72 Å². The number of H-pyrrole nitrogens is 1. The molecule has 0 saturated carbocycles. The van der Waals surface area contributed by atoms with Crippen LogP contribution in [0.2, 0.25) is 10.0 Å². The lowest BCUT2D eigenvalue weighted by atomic mass is 10.1. The third kappa shape index (κ3) is 3.44. The van der Waals surface area contributed by atoms with E-state index in [-0.39, 0.29) is 0 Å². The van der Waals surface area contributed by atoms with E-state index in [1.165, 1.54) is 0 Å². The molecule has 3 nitrogen and oxygen atoms in total. The highest BCUT2D eigenvalue weighted by Crippen LogP contribution is 2.39. The Labute approximate surface area is 167 Å². The summed E-state index contributed by atoms with van der Waals surface area (Å²) in [5, 5.41) is 1.01. The Morgan fingerprint density at radius 1 is 0.815 bits per heavy atom. The van der Waals surface area contributed by atoms with Gasteiger partial charge in [0.25, 0.3) is 0 Å². The van der Waals surface area contributed by atoms with Gasteiger partial charge in [-0.1, -0.05) is 65.7 Å². The molecular weight excluding hydrogens is 379 g/mol. The minimum absolute atomic E-state index is 0.501. The van der Waals surface area contributed by atoms with Gasteiger partial charge in [0.15, 0.2) is 0 Å². The van der Waals surface area contributed by atoms with Crippen molar-refractivity contribution in [2.24, 2.45) is 0 Å². The Hall–Kier alpha value is -2.75. The number of aromatic nitrogens is 2. The fourth-order valence-electron chi connectivity index (χ4n) is 2.96. The van der Waals surface area contributed by atoms with E-state index in [9.17, 15) is 0 Å². The molecule has 1 aromatic heterocycles. The maximum atomic E-state index is 6.49. The average molecular weight is 395 g/mol. The van der Waals surface area contributed by atoms with Gasteiger partial charge >= 0.3 is 0 Å². The number of benzene rings is 3. The summed E-state index contributed by atoms with van der Waals surface area (Å²) in [6.45, 7) is 0. The van der Waals surface area contributed by atoms with Crippen LogP contribution in [0.5, 0.6) is 5.75 Å². The molecule has 0 radical (unpaired) electrons. The van der Waals surface area contributed by atoms with E-state index in [0.29, 0.717) is 10.0 Å².